The molecule has 2 fully saturated rings. The van der Waals surface area contributed by atoms with E-state index in [4.69, 9.17) is 0 Å². The van der Waals surface area contributed by atoms with Gasteiger partial charge >= 0.3 is 12.4 Å². The quantitative estimate of drug-likeness (QED) is 0.377. The van der Waals surface area contributed by atoms with Gasteiger partial charge in [-0.25, -0.2) is 0 Å². The van der Waals surface area contributed by atoms with Crippen LogP contribution < -0.4 is 0 Å². The average Bonchev–Trinajstić information content (AvgIpc) is 2.71. The number of hydrogen-bond acceptors (Lipinski definition) is 1. The van der Waals surface area contributed by atoms with Crippen molar-refractivity contribution in [2.24, 2.45) is 10.8 Å². The molecular weight excluding hydrogens is 454 g/mol. The highest BCUT2D eigenvalue weighted by molar-refractivity contribution is 5.93. The summed E-state index contributed by atoms with van der Waals surface area (Å²) < 4.78 is 79.8. The summed E-state index contributed by atoms with van der Waals surface area (Å²) in [4.78, 5) is 14.2. The standard InChI is InChI=1S/C27H28F6O/c1-17(19-7-3-9-21(15-19)26(28,29)30)24(11-5-12-24)23(34)25(13-6-14-25)18(2)20-8-4-10-22(16-20)27(31,32)33/h3-4,7-10,15-18H,5-6,11-14H2,1-2H3. The number of ketones is 1. The largest absolute Gasteiger partial charge is 0.416 e. The van der Waals surface area contributed by atoms with Crippen molar-refractivity contribution in [3.05, 3.63) is 70.8 Å². The summed E-state index contributed by atoms with van der Waals surface area (Å²) in [6.45, 7) is 3.63. The summed E-state index contributed by atoms with van der Waals surface area (Å²) in [5.41, 5.74) is -2.11. The number of carbonyl (C=O) groups excluding carboxylic acids is 1. The fourth-order valence-corrected chi connectivity index (χ4v) is 5.93. The zero-order valence-electron chi connectivity index (χ0n) is 19.2. The number of halogens is 6. The molecule has 1 nitrogen and oxygen atoms in total. The first-order valence-corrected chi connectivity index (χ1v) is 11.7. The minimum absolute atomic E-state index is 0.00678. The van der Waals surface area contributed by atoms with Gasteiger partial charge in [0.05, 0.1) is 11.1 Å². The third-order valence-electron chi connectivity index (χ3n) is 8.48. The van der Waals surface area contributed by atoms with Gasteiger partial charge in [0.15, 0.2) is 0 Å². The van der Waals surface area contributed by atoms with E-state index in [1.807, 2.05) is 13.8 Å². The molecule has 0 aromatic heterocycles. The van der Waals surface area contributed by atoms with Crippen LogP contribution in [0, 0.1) is 10.8 Å². The molecule has 34 heavy (non-hydrogen) atoms. The Morgan fingerprint density at radius 2 is 1.06 bits per heavy atom. The lowest BCUT2D eigenvalue weighted by molar-refractivity contribution is -0.153. The summed E-state index contributed by atoms with van der Waals surface area (Å²) >= 11 is 0. The molecule has 7 heteroatoms. The molecule has 2 aliphatic carbocycles. The Bertz CT molecular complexity index is 976. The molecule has 2 aromatic rings. The fourth-order valence-electron chi connectivity index (χ4n) is 5.93. The predicted octanol–water partition coefficient (Wildman–Crippen LogP) is 8.54. The molecule has 2 aromatic carbocycles. The SMILES string of the molecule is CC(c1cccc(C(F)(F)F)c1)C1(C(=O)C2(C(C)c3cccc(C(F)(F)F)c3)CCC2)CCC1. The second-order valence-electron chi connectivity index (χ2n) is 10.0. The van der Waals surface area contributed by atoms with Gasteiger partial charge in [-0.05, 0) is 60.8 Å². The predicted molar refractivity (Wildman–Crippen MR) is 117 cm³/mol. The third kappa shape index (κ3) is 4.05. The smallest absolute Gasteiger partial charge is 0.298 e. The van der Waals surface area contributed by atoms with E-state index in [1.54, 1.807) is 12.1 Å². The maximum atomic E-state index is 14.2. The molecule has 0 aliphatic heterocycles. The highest BCUT2D eigenvalue weighted by Gasteiger charge is 2.59. The van der Waals surface area contributed by atoms with Crippen LogP contribution in [0.1, 0.15) is 86.5 Å². The van der Waals surface area contributed by atoms with Crippen molar-refractivity contribution in [2.75, 3.05) is 0 Å². The van der Waals surface area contributed by atoms with Gasteiger partial charge in [0.2, 0.25) is 0 Å². The molecule has 0 radical (unpaired) electrons. The molecule has 0 heterocycles. The van der Waals surface area contributed by atoms with Crippen LogP contribution in [0.15, 0.2) is 48.5 Å². The van der Waals surface area contributed by atoms with Crippen LogP contribution in [0.3, 0.4) is 0 Å². The summed E-state index contributed by atoms with van der Waals surface area (Å²) in [5.74, 6) is -0.822. The Kier molecular flexibility index (Phi) is 6.14. The number of Topliss-reactive ketones (excluding diaryl/α,β-unsaturated/α-hetero) is 1. The van der Waals surface area contributed by atoms with Crippen molar-refractivity contribution < 1.29 is 31.1 Å². The summed E-state index contributed by atoms with van der Waals surface area (Å²) in [7, 11) is 0. The topological polar surface area (TPSA) is 17.1 Å². The van der Waals surface area contributed by atoms with Crippen molar-refractivity contribution in [3.8, 4) is 0 Å². The molecular formula is C27H28F6O. The second-order valence-corrected chi connectivity index (χ2v) is 10.0. The van der Waals surface area contributed by atoms with Crippen LogP contribution in [-0.2, 0) is 17.1 Å². The molecule has 2 atom stereocenters. The van der Waals surface area contributed by atoms with Gasteiger partial charge in [-0.1, -0.05) is 63.1 Å². The van der Waals surface area contributed by atoms with Crippen molar-refractivity contribution in [3.63, 3.8) is 0 Å². The van der Waals surface area contributed by atoms with Crippen molar-refractivity contribution >= 4 is 5.78 Å². The zero-order chi connectivity index (χ0) is 24.9. The first kappa shape index (κ1) is 24.8. The summed E-state index contributed by atoms with van der Waals surface area (Å²) in [6.07, 6.45) is -4.99. The Balaban J connectivity index is 1.68. The first-order valence-electron chi connectivity index (χ1n) is 11.7. The van der Waals surface area contributed by atoms with Crippen molar-refractivity contribution in [2.45, 2.75) is 76.6 Å². The van der Waals surface area contributed by atoms with Gasteiger partial charge in [-0.15, -0.1) is 0 Å². The fraction of sp³-hybridized carbons (Fsp3) is 0.519. The molecule has 4 rings (SSSR count). The minimum Gasteiger partial charge on any atom is -0.298 e. The van der Waals surface area contributed by atoms with Crippen molar-refractivity contribution in [1.29, 1.82) is 0 Å². The Hall–Kier alpha value is -2.31. The monoisotopic (exact) mass is 482 g/mol. The summed E-state index contributed by atoms with van der Waals surface area (Å²) in [5, 5.41) is 0. The van der Waals surface area contributed by atoms with Crippen LogP contribution in [0.4, 0.5) is 26.3 Å². The van der Waals surface area contributed by atoms with E-state index < -0.39 is 46.1 Å². The van der Waals surface area contributed by atoms with Gasteiger partial charge in [-0.3, -0.25) is 4.79 Å². The lowest BCUT2D eigenvalue weighted by atomic mass is 9.46. The van der Waals surface area contributed by atoms with Gasteiger partial charge in [0, 0.05) is 10.8 Å². The van der Waals surface area contributed by atoms with Crippen LogP contribution in [0.2, 0.25) is 0 Å². The molecule has 184 valence electrons. The maximum absolute atomic E-state index is 14.2. The van der Waals surface area contributed by atoms with Gasteiger partial charge < -0.3 is 0 Å². The van der Waals surface area contributed by atoms with Gasteiger partial charge in [0.25, 0.3) is 0 Å². The van der Waals surface area contributed by atoms with E-state index in [0.29, 0.717) is 36.8 Å². The van der Waals surface area contributed by atoms with E-state index in [-0.39, 0.29) is 5.78 Å². The third-order valence-corrected chi connectivity index (χ3v) is 8.48. The van der Waals surface area contributed by atoms with Crippen LogP contribution in [0.25, 0.3) is 0 Å². The Labute approximate surface area is 195 Å². The van der Waals surface area contributed by atoms with Gasteiger partial charge in [-0.2, -0.15) is 26.3 Å². The zero-order valence-corrected chi connectivity index (χ0v) is 19.2. The number of benzene rings is 2. The average molecular weight is 483 g/mol. The molecule has 2 saturated carbocycles. The van der Waals surface area contributed by atoms with E-state index in [1.165, 1.54) is 12.1 Å². The highest BCUT2D eigenvalue weighted by Crippen LogP contribution is 2.62. The molecule has 2 aliphatic rings. The molecule has 2 unspecified atom stereocenters. The van der Waals surface area contributed by atoms with Crippen LogP contribution in [0.5, 0.6) is 0 Å². The maximum Gasteiger partial charge on any atom is 0.416 e. The number of alkyl halides is 6. The Morgan fingerprint density at radius 3 is 1.32 bits per heavy atom. The van der Waals surface area contributed by atoms with Crippen LogP contribution in [-0.4, -0.2) is 5.78 Å². The molecule has 0 amide bonds. The number of hydrogen-bond donors (Lipinski definition) is 0. The lowest BCUT2D eigenvalue weighted by Crippen LogP contribution is -2.55. The molecule has 0 bridgehead atoms. The normalized spacial score (nSPS) is 21.2. The van der Waals surface area contributed by atoms with E-state index >= 15 is 0 Å². The van der Waals surface area contributed by atoms with Gasteiger partial charge in [0.1, 0.15) is 5.78 Å². The summed E-state index contributed by atoms with van der Waals surface area (Å²) in [6, 6.07) is 10.3. The Morgan fingerprint density at radius 1 is 0.706 bits per heavy atom. The van der Waals surface area contributed by atoms with Crippen molar-refractivity contribution in [1.82, 2.24) is 0 Å². The molecule has 0 N–H and O–H groups in total. The first-order chi connectivity index (χ1) is 15.8. The molecule has 0 spiro atoms. The molecule has 0 saturated heterocycles. The lowest BCUT2D eigenvalue weighted by Gasteiger charge is -2.55. The number of rotatable bonds is 6. The minimum atomic E-state index is -4.47. The van der Waals surface area contributed by atoms with E-state index in [2.05, 4.69) is 0 Å². The van der Waals surface area contributed by atoms with E-state index in [0.717, 1.165) is 37.1 Å². The second kappa shape index (κ2) is 8.42. The number of carbonyl (C=O) groups is 1. The van der Waals surface area contributed by atoms with E-state index in [9.17, 15) is 31.1 Å². The highest BCUT2D eigenvalue weighted by atomic mass is 19.4. The van der Waals surface area contributed by atoms with Crippen LogP contribution >= 0.6 is 0 Å².